The number of ether oxygens (including phenoxy) is 4. The highest BCUT2D eigenvalue weighted by Crippen LogP contribution is 2.32. The number of hydrogen-bond acceptors (Lipinski definition) is 5. The first-order chi connectivity index (χ1) is 12.8. The zero-order chi connectivity index (χ0) is 19.5. The molecule has 27 heavy (non-hydrogen) atoms. The smallest absolute Gasteiger partial charge is 0.345 e. The molecule has 0 bridgehead atoms. The van der Waals surface area contributed by atoms with Crippen LogP contribution in [0.25, 0.3) is 0 Å². The summed E-state index contributed by atoms with van der Waals surface area (Å²) in [6, 6.07) is 16.6. The van der Waals surface area contributed by atoms with E-state index in [1.165, 1.54) is 0 Å². The standard InChI is InChI=1S/C21H23ClO5/c1-20(2)24-14-18(27-20)26-19(23)21(3,16-9-11-17(22)12-10-16)25-13-15-7-5-4-6-8-15/h4-12,18H,13-14H2,1-3H3. The van der Waals surface area contributed by atoms with Crippen LogP contribution in [0.3, 0.4) is 0 Å². The Morgan fingerprint density at radius 3 is 2.44 bits per heavy atom. The minimum Gasteiger partial charge on any atom is -0.431 e. The van der Waals surface area contributed by atoms with Crippen LogP contribution < -0.4 is 0 Å². The van der Waals surface area contributed by atoms with Gasteiger partial charge in [0.2, 0.25) is 6.29 Å². The molecule has 0 N–H and O–H groups in total. The molecule has 1 fully saturated rings. The van der Waals surface area contributed by atoms with E-state index in [9.17, 15) is 4.79 Å². The van der Waals surface area contributed by atoms with Gasteiger partial charge in [-0.2, -0.15) is 0 Å². The van der Waals surface area contributed by atoms with Crippen LogP contribution >= 0.6 is 11.6 Å². The normalized spacial score (nSPS) is 20.8. The van der Waals surface area contributed by atoms with Gasteiger partial charge >= 0.3 is 5.97 Å². The van der Waals surface area contributed by atoms with E-state index in [1.54, 1.807) is 45.0 Å². The van der Waals surface area contributed by atoms with Crippen molar-refractivity contribution in [3.8, 4) is 0 Å². The van der Waals surface area contributed by atoms with Crippen molar-refractivity contribution in [1.29, 1.82) is 0 Å². The second-order valence-electron chi connectivity index (χ2n) is 6.98. The van der Waals surface area contributed by atoms with Gasteiger partial charge in [-0.25, -0.2) is 4.79 Å². The quantitative estimate of drug-likeness (QED) is 0.683. The molecule has 5 nitrogen and oxygen atoms in total. The maximum atomic E-state index is 13.0. The predicted molar refractivity (Wildman–Crippen MR) is 101 cm³/mol. The molecule has 0 spiro atoms. The van der Waals surface area contributed by atoms with E-state index < -0.39 is 23.6 Å². The molecule has 0 amide bonds. The molecular weight excluding hydrogens is 368 g/mol. The summed E-state index contributed by atoms with van der Waals surface area (Å²) in [4.78, 5) is 13.0. The molecule has 1 aliphatic heterocycles. The molecule has 1 aliphatic rings. The van der Waals surface area contributed by atoms with Crippen LogP contribution in [-0.4, -0.2) is 24.7 Å². The first kappa shape index (κ1) is 19.8. The summed E-state index contributed by atoms with van der Waals surface area (Å²) in [6.07, 6.45) is -0.778. The maximum Gasteiger partial charge on any atom is 0.345 e. The molecule has 0 radical (unpaired) electrons. The second-order valence-corrected chi connectivity index (χ2v) is 7.41. The molecule has 6 heteroatoms. The predicted octanol–water partition coefficient (Wildman–Crippen LogP) is 4.42. The minimum absolute atomic E-state index is 0.175. The van der Waals surface area contributed by atoms with Crippen molar-refractivity contribution < 1.29 is 23.7 Å². The van der Waals surface area contributed by atoms with Gasteiger partial charge < -0.3 is 18.9 Å². The Bertz CT molecular complexity index is 775. The van der Waals surface area contributed by atoms with E-state index in [-0.39, 0.29) is 13.2 Å². The van der Waals surface area contributed by atoms with Crippen molar-refractivity contribution in [3.63, 3.8) is 0 Å². The molecule has 2 atom stereocenters. The first-order valence-electron chi connectivity index (χ1n) is 8.75. The van der Waals surface area contributed by atoms with Crippen molar-refractivity contribution >= 4 is 17.6 Å². The van der Waals surface area contributed by atoms with Gasteiger partial charge in [0.05, 0.1) is 6.61 Å². The Morgan fingerprint density at radius 2 is 1.85 bits per heavy atom. The summed E-state index contributed by atoms with van der Waals surface area (Å²) in [5, 5.41) is 0.576. The second kappa shape index (κ2) is 7.98. The van der Waals surface area contributed by atoms with Gasteiger partial charge in [-0.15, -0.1) is 0 Å². The lowest BCUT2D eigenvalue weighted by molar-refractivity contribution is -0.214. The highest BCUT2D eigenvalue weighted by Gasteiger charge is 2.42. The number of carbonyl (C=O) groups is 1. The minimum atomic E-state index is -1.32. The van der Waals surface area contributed by atoms with E-state index in [2.05, 4.69) is 0 Å². The molecule has 1 saturated heterocycles. The third kappa shape index (κ3) is 4.87. The summed E-state index contributed by atoms with van der Waals surface area (Å²) >= 11 is 5.99. The lowest BCUT2D eigenvalue weighted by Gasteiger charge is -2.29. The topological polar surface area (TPSA) is 54.0 Å². The molecule has 2 unspecified atom stereocenters. The third-order valence-corrected chi connectivity index (χ3v) is 4.63. The van der Waals surface area contributed by atoms with Crippen LogP contribution in [-0.2, 0) is 35.9 Å². The lowest BCUT2D eigenvalue weighted by Crippen LogP contribution is -2.40. The molecular formula is C21H23ClO5. The fourth-order valence-electron chi connectivity index (χ4n) is 2.77. The Morgan fingerprint density at radius 1 is 1.19 bits per heavy atom. The molecule has 0 aliphatic carbocycles. The Labute approximate surface area is 164 Å². The number of hydrogen-bond donors (Lipinski definition) is 0. The van der Waals surface area contributed by atoms with E-state index in [1.807, 2.05) is 30.3 Å². The summed E-state index contributed by atoms with van der Waals surface area (Å²) in [7, 11) is 0. The highest BCUT2D eigenvalue weighted by molar-refractivity contribution is 6.30. The summed E-state index contributed by atoms with van der Waals surface area (Å²) < 4.78 is 22.6. The van der Waals surface area contributed by atoms with Gasteiger partial charge in [0, 0.05) is 5.02 Å². The van der Waals surface area contributed by atoms with Gasteiger partial charge in [-0.1, -0.05) is 54.1 Å². The zero-order valence-electron chi connectivity index (χ0n) is 15.6. The van der Waals surface area contributed by atoms with Crippen molar-refractivity contribution in [2.45, 2.75) is 45.1 Å². The molecule has 0 aromatic heterocycles. The van der Waals surface area contributed by atoms with Crippen molar-refractivity contribution in [1.82, 2.24) is 0 Å². The zero-order valence-corrected chi connectivity index (χ0v) is 16.4. The number of rotatable bonds is 6. The molecule has 1 heterocycles. The van der Waals surface area contributed by atoms with Crippen LogP contribution in [0.5, 0.6) is 0 Å². The SMILES string of the molecule is CC1(C)OCC(OC(=O)C(C)(OCc2ccccc2)c2ccc(Cl)cc2)O1. The first-order valence-corrected chi connectivity index (χ1v) is 9.13. The summed E-state index contributed by atoms with van der Waals surface area (Å²) in [6.45, 7) is 5.65. The molecule has 0 saturated carbocycles. The Kier molecular flexibility index (Phi) is 5.86. The fourth-order valence-corrected chi connectivity index (χ4v) is 2.90. The average Bonchev–Trinajstić information content (AvgIpc) is 2.99. The van der Waals surface area contributed by atoms with Crippen LogP contribution in [0.4, 0.5) is 0 Å². The van der Waals surface area contributed by atoms with E-state index in [0.717, 1.165) is 5.56 Å². The largest absolute Gasteiger partial charge is 0.431 e. The van der Waals surface area contributed by atoms with Crippen LogP contribution in [0.15, 0.2) is 54.6 Å². The highest BCUT2D eigenvalue weighted by atomic mass is 35.5. The van der Waals surface area contributed by atoms with E-state index in [0.29, 0.717) is 10.6 Å². The summed E-state index contributed by atoms with van der Waals surface area (Å²) in [5.41, 5.74) is 0.273. The van der Waals surface area contributed by atoms with Crippen LogP contribution in [0, 0.1) is 0 Å². The van der Waals surface area contributed by atoms with Gasteiger partial charge in [-0.3, -0.25) is 0 Å². The summed E-state index contributed by atoms with van der Waals surface area (Å²) in [5.74, 6) is -1.33. The fraction of sp³-hybridized carbons (Fsp3) is 0.381. The molecule has 3 rings (SSSR count). The monoisotopic (exact) mass is 390 g/mol. The molecule has 144 valence electrons. The van der Waals surface area contributed by atoms with Crippen LogP contribution in [0.1, 0.15) is 31.9 Å². The number of halogens is 1. The van der Waals surface area contributed by atoms with Gasteiger partial charge in [0.15, 0.2) is 11.4 Å². The molecule has 2 aromatic carbocycles. The number of esters is 1. The Hall–Kier alpha value is -1.92. The van der Waals surface area contributed by atoms with Crippen molar-refractivity contribution in [3.05, 3.63) is 70.7 Å². The number of carbonyl (C=O) groups excluding carboxylic acids is 1. The lowest BCUT2D eigenvalue weighted by atomic mass is 9.95. The van der Waals surface area contributed by atoms with Crippen molar-refractivity contribution in [2.24, 2.45) is 0 Å². The molecule has 2 aromatic rings. The van der Waals surface area contributed by atoms with Gasteiger partial charge in [-0.05, 0) is 44.0 Å². The van der Waals surface area contributed by atoms with E-state index in [4.69, 9.17) is 30.5 Å². The van der Waals surface area contributed by atoms with E-state index >= 15 is 0 Å². The Balaban J connectivity index is 1.80. The van der Waals surface area contributed by atoms with Gasteiger partial charge in [0.25, 0.3) is 0 Å². The van der Waals surface area contributed by atoms with Crippen molar-refractivity contribution in [2.75, 3.05) is 6.61 Å². The maximum absolute atomic E-state index is 13.0. The third-order valence-electron chi connectivity index (χ3n) is 4.38. The number of benzene rings is 2. The average molecular weight is 391 g/mol. The van der Waals surface area contributed by atoms with Crippen LogP contribution in [0.2, 0.25) is 5.02 Å². The van der Waals surface area contributed by atoms with Gasteiger partial charge in [0.1, 0.15) is 6.61 Å².